The summed E-state index contributed by atoms with van der Waals surface area (Å²) in [5.74, 6) is -0.466. The van der Waals surface area contributed by atoms with Crippen LogP contribution in [0.2, 0.25) is 0 Å². The second-order valence-electron chi connectivity index (χ2n) is 7.63. The lowest BCUT2D eigenvalue weighted by Crippen LogP contribution is -2.31. The maximum Gasteiger partial charge on any atom is 0.123 e. The maximum atomic E-state index is 14.0. The fourth-order valence-corrected chi connectivity index (χ4v) is 4.30. The van der Waals surface area contributed by atoms with Gasteiger partial charge < -0.3 is 10.3 Å². The van der Waals surface area contributed by atoms with E-state index in [-0.39, 0.29) is 11.6 Å². The topological polar surface area (TPSA) is 34.2 Å². The maximum absolute atomic E-state index is 14.0. The van der Waals surface area contributed by atoms with Crippen molar-refractivity contribution in [3.8, 4) is 5.69 Å². The summed E-state index contributed by atoms with van der Waals surface area (Å²) in [6.07, 6.45) is 5.55. The molecule has 0 spiro atoms. The standard InChI is InChI=1S/C23H27F2N3/c24-17-5-8-19(9-6-17)28-22-10-7-18(25)15-20(22)21-16-27(14-11-23(21)28)13-4-2-1-3-12-26/h5-10,15H,1-4,11-14,16,26H2. The molecule has 0 saturated carbocycles. The number of benzene rings is 2. The minimum absolute atomic E-state index is 0.217. The molecule has 5 heteroatoms. The van der Waals surface area contributed by atoms with Gasteiger partial charge in [0.1, 0.15) is 11.6 Å². The Hall–Kier alpha value is -2.24. The molecule has 1 aliphatic rings. The monoisotopic (exact) mass is 383 g/mol. The van der Waals surface area contributed by atoms with Gasteiger partial charge in [0.2, 0.25) is 0 Å². The van der Waals surface area contributed by atoms with Crippen LogP contribution >= 0.6 is 0 Å². The number of rotatable bonds is 7. The Labute approximate surface area is 164 Å². The molecule has 3 aromatic rings. The van der Waals surface area contributed by atoms with Crippen LogP contribution in [0, 0.1) is 11.6 Å². The number of aromatic nitrogens is 1. The number of unbranched alkanes of at least 4 members (excludes halogenated alkanes) is 3. The summed E-state index contributed by atoms with van der Waals surface area (Å²) in [6, 6.07) is 11.5. The molecule has 1 aliphatic heterocycles. The van der Waals surface area contributed by atoms with Crippen LogP contribution in [-0.4, -0.2) is 29.1 Å². The first-order valence-corrected chi connectivity index (χ1v) is 10.2. The third-order valence-corrected chi connectivity index (χ3v) is 5.70. The molecule has 0 unspecified atom stereocenters. The molecule has 4 rings (SSSR count). The van der Waals surface area contributed by atoms with E-state index in [1.807, 2.05) is 6.07 Å². The molecule has 0 saturated heterocycles. The molecule has 2 heterocycles. The third-order valence-electron chi connectivity index (χ3n) is 5.70. The zero-order chi connectivity index (χ0) is 19.5. The Morgan fingerprint density at radius 2 is 1.64 bits per heavy atom. The van der Waals surface area contributed by atoms with Gasteiger partial charge in [-0.05, 0) is 74.0 Å². The van der Waals surface area contributed by atoms with Crippen molar-refractivity contribution < 1.29 is 8.78 Å². The van der Waals surface area contributed by atoms with Gasteiger partial charge in [0.25, 0.3) is 0 Å². The first kappa shape index (κ1) is 19.1. The lowest BCUT2D eigenvalue weighted by molar-refractivity contribution is 0.247. The lowest BCUT2D eigenvalue weighted by atomic mass is 10.0. The van der Waals surface area contributed by atoms with Crippen LogP contribution < -0.4 is 5.73 Å². The van der Waals surface area contributed by atoms with Gasteiger partial charge in [-0.1, -0.05) is 12.8 Å². The molecule has 0 fully saturated rings. The summed E-state index contributed by atoms with van der Waals surface area (Å²) in [5.41, 5.74) is 9.90. The summed E-state index contributed by atoms with van der Waals surface area (Å²) in [5, 5.41) is 0.965. The van der Waals surface area contributed by atoms with Crippen molar-refractivity contribution >= 4 is 10.9 Å². The van der Waals surface area contributed by atoms with E-state index in [4.69, 9.17) is 5.73 Å². The summed E-state index contributed by atoms with van der Waals surface area (Å²) in [6.45, 7) is 3.65. The smallest absolute Gasteiger partial charge is 0.123 e. The second kappa shape index (κ2) is 8.41. The van der Waals surface area contributed by atoms with Crippen molar-refractivity contribution in [1.82, 2.24) is 9.47 Å². The molecule has 1 aromatic heterocycles. The van der Waals surface area contributed by atoms with Gasteiger partial charge in [-0.3, -0.25) is 4.90 Å². The molecule has 3 nitrogen and oxygen atoms in total. The molecule has 148 valence electrons. The Bertz CT molecular complexity index is 947. The van der Waals surface area contributed by atoms with Crippen molar-refractivity contribution in [2.24, 2.45) is 5.73 Å². The van der Waals surface area contributed by atoms with Crippen molar-refractivity contribution in [2.45, 2.75) is 38.6 Å². The molecule has 0 amide bonds. The minimum atomic E-state index is -0.249. The van der Waals surface area contributed by atoms with Gasteiger partial charge in [0, 0.05) is 36.3 Å². The number of fused-ring (bicyclic) bond motifs is 3. The molecular weight excluding hydrogens is 356 g/mol. The summed E-state index contributed by atoms with van der Waals surface area (Å²) in [4.78, 5) is 2.46. The fraction of sp³-hybridized carbons (Fsp3) is 0.391. The summed E-state index contributed by atoms with van der Waals surface area (Å²) >= 11 is 0. The predicted molar refractivity (Wildman–Crippen MR) is 110 cm³/mol. The number of nitrogens with zero attached hydrogens (tertiary/aromatic N) is 2. The van der Waals surface area contributed by atoms with Crippen LogP contribution in [0.5, 0.6) is 0 Å². The largest absolute Gasteiger partial charge is 0.330 e. The Kier molecular flexibility index (Phi) is 5.74. The molecular formula is C23H27F2N3. The van der Waals surface area contributed by atoms with Gasteiger partial charge in [0.05, 0.1) is 5.52 Å². The molecule has 0 radical (unpaired) electrons. The molecule has 0 bridgehead atoms. The van der Waals surface area contributed by atoms with Gasteiger partial charge >= 0.3 is 0 Å². The van der Waals surface area contributed by atoms with Crippen LogP contribution in [0.3, 0.4) is 0 Å². The number of hydrogen-bond donors (Lipinski definition) is 1. The zero-order valence-electron chi connectivity index (χ0n) is 16.1. The normalized spacial score (nSPS) is 14.5. The quantitative estimate of drug-likeness (QED) is 0.596. The number of hydrogen-bond acceptors (Lipinski definition) is 2. The van der Waals surface area contributed by atoms with Gasteiger partial charge in [-0.2, -0.15) is 0 Å². The summed E-state index contributed by atoms with van der Waals surface area (Å²) in [7, 11) is 0. The minimum Gasteiger partial charge on any atom is -0.330 e. The van der Waals surface area contributed by atoms with Crippen molar-refractivity contribution in [3.05, 3.63) is 65.4 Å². The van der Waals surface area contributed by atoms with E-state index in [9.17, 15) is 8.78 Å². The van der Waals surface area contributed by atoms with Crippen LogP contribution in [-0.2, 0) is 13.0 Å². The van der Waals surface area contributed by atoms with E-state index in [0.29, 0.717) is 0 Å². The number of nitrogens with two attached hydrogens (primary N) is 1. The van der Waals surface area contributed by atoms with Crippen LogP contribution in [0.15, 0.2) is 42.5 Å². The van der Waals surface area contributed by atoms with Crippen LogP contribution in [0.25, 0.3) is 16.6 Å². The summed E-state index contributed by atoms with van der Waals surface area (Å²) < 4.78 is 29.6. The lowest BCUT2D eigenvalue weighted by Gasteiger charge is -2.28. The van der Waals surface area contributed by atoms with Crippen LogP contribution in [0.1, 0.15) is 36.9 Å². The predicted octanol–water partition coefficient (Wildman–Crippen LogP) is 4.79. The highest BCUT2D eigenvalue weighted by atomic mass is 19.1. The van der Waals surface area contributed by atoms with Crippen molar-refractivity contribution in [2.75, 3.05) is 19.6 Å². The van der Waals surface area contributed by atoms with Crippen LogP contribution in [0.4, 0.5) is 8.78 Å². The van der Waals surface area contributed by atoms with E-state index in [2.05, 4.69) is 9.47 Å². The first-order chi connectivity index (χ1) is 13.7. The number of halogens is 2. The first-order valence-electron chi connectivity index (χ1n) is 10.2. The molecule has 2 aromatic carbocycles. The van der Waals surface area contributed by atoms with Crippen molar-refractivity contribution in [1.29, 1.82) is 0 Å². The Balaban J connectivity index is 1.64. The molecule has 0 aliphatic carbocycles. The van der Waals surface area contributed by atoms with Gasteiger partial charge in [-0.15, -0.1) is 0 Å². The van der Waals surface area contributed by atoms with E-state index in [0.717, 1.165) is 55.6 Å². The van der Waals surface area contributed by atoms with E-state index >= 15 is 0 Å². The third kappa shape index (κ3) is 3.82. The molecule has 0 atom stereocenters. The highest BCUT2D eigenvalue weighted by Crippen LogP contribution is 2.34. The second-order valence-corrected chi connectivity index (χ2v) is 7.63. The van der Waals surface area contributed by atoms with E-state index in [1.165, 1.54) is 48.7 Å². The Morgan fingerprint density at radius 3 is 2.43 bits per heavy atom. The SMILES string of the molecule is NCCCCCCN1CCc2c(c3cc(F)ccc3n2-c2ccc(F)cc2)C1. The molecule has 28 heavy (non-hydrogen) atoms. The van der Waals surface area contributed by atoms with Gasteiger partial charge in [-0.25, -0.2) is 8.78 Å². The highest BCUT2D eigenvalue weighted by molar-refractivity contribution is 5.87. The van der Waals surface area contributed by atoms with Gasteiger partial charge in [0.15, 0.2) is 0 Å². The van der Waals surface area contributed by atoms with E-state index in [1.54, 1.807) is 18.2 Å². The average molecular weight is 383 g/mol. The highest BCUT2D eigenvalue weighted by Gasteiger charge is 2.24. The molecule has 2 N–H and O–H groups in total. The zero-order valence-corrected chi connectivity index (χ0v) is 16.1. The Morgan fingerprint density at radius 1 is 0.893 bits per heavy atom. The van der Waals surface area contributed by atoms with Crippen molar-refractivity contribution in [3.63, 3.8) is 0 Å². The fourth-order valence-electron chi connectivity index (χ4n) is 4.30. The van der Waals surface area contributed by atoms with E-state index < -0.39 is 0 Å². The average Bonchev–Trinajstić information content (AvgIpc) is 3.01.